The van der Waals surface area contributed by atoms with Gasteiger partial charge in [0, 0.05) is 60.7 Å². The molecule has 0 spiro atoms. The van der Waals surface area contributed by atoms with Crippen molar-refractivity contribution in [2.75, 3.05) is 42.9 Å². The Bertz CT molecular complexity index is 1410. The van der Waals surface area contributed by atoms with Gasteiger partial charge < -0.3 is 10.2 Å². The van der Waals surface area contributed by atoms with Crippen molar-refractivity contribution in [3.8, 4) is 0 Å². The van der Waals surface area contributed by atoms with Crippen molar-refractivity contribution in [1.29, 1.82) is 0 Å². The monoisotopic (exact) mass is 558 g/mol. The Balaban J connectivity index is 0.00000200. The molecule has 38 heavy (non-hydrogen) atoms. The lowest BCUT2D eigenvalue weighted by Crippen LogP contribution is -2.47. The number of carbonyl (C=O) groups excluding carboxylic acids is 1. The lowest BCUT2D eigenvalue weighted by molar-refractivity contribution is 0.102. The standard InChI is InChI=1S/C29H28F2N4O.2ClH/c1-20-8-10-24-27(32-20)6-3-7-28(24)35-16-14-34(15-17-35)13-12-21-4-2-5-23(18-21)33-29(36)22-9-11-25(30)26(31)19-22;;/h2-11,18-19H,12-17H2,1H3,(H,33,36);2*1H. The average Bonchev–Trinajstić information content (AvgIpc) is 2.89. The van der Waals surface area contributed by atoms with E-state index in [0.29, 0.717) is 5.69 Å². The van der Waals surface area contributed by atoms with Gasteiger partial charge >= 0.3 is 0 Å². The molecule has 0 aliphatic carbocycles. The number of nitrogens with one attached hydrogen (secondary N) is 1. The largest absolute Gasteiger partial charge is 0.368 e. The summed E-state index contributed by atoms with van der Waals surface area (Å²) in [6.07, 6.45) is 0.854. The van der Waals surface area contributed by atoms with Gasteiger partial charge in [0.05, 0.1) is 5.52 Å². The van der Waals surface area contributed by atoms with Gasteiger partial charge in [-0.2, -0.15) is 0 Å². The molecule has 9 heteroatoms. The van der Waals surface area contributed by atoms with Crippen LogP contribution in [0.4, 0.5) is 20.2 Å². The zero-order chi connectivity index (χ0) is 25.1. The van der Waals surface area contributed by atoms with Gasteiger partial charge in [-0.05, 0) is 73.5 Å². The molecule has 1 aliphatic rings. The van der Waals surface area contributed by atoms with E-state index in [1.165, 1.54) is 17.1 Å². The highest BCUT2D eigenvalue weighted by atomic mass is 35.5. The highest BCUT2D eigenvalue weighted by molar-refractivity contribution is 6.04. The summed E-state index contributed by atoms with van der Waals surface area (Å²) in [5.41, 5.74) is 5.12. The van der Waals surface area contributed by atoms with Crippen molar-refractivity contribution in [3.05, 3.63) is 101 Å². The zero-order valence-corrected chi connectivity index (χ0v) is 22.6. The fourth-order valence-corrected chi connectivity index (χ4v) is 4.66. The molecule has 5 nitrogen and oxygen atoms in total. The van der Waals surface area contributed by atoms with Gasteiger partial charge in [0.15, 0.2) is 11.6 Å². The van der Waals surface area contributed by atoms with Gasteiger partial charge in [-0.25, -0.2) is 8.78 Å². The number of pyridine rings is 1. The molecule has 1 saturated heterocycles. The molecular weight excluding hydrogens is 529 g/mol. The molecule has 0 bridgehead atoms. The van der Waals surface area contributed by atoms with Crippen LogP contribution >= 0.6 is 24.8 Å². The first-order valence-electron chi connectivity index (χ1n) is 12.2. The van der Waals surface area contributed by atoms with E-state index in [9.17, 15) is 13.6 Å². The third-order valence-corrected chi connectivity index (χ3v) is 6.64. The molecule has 1 aliphatic heterocycles. The summed E-state index contributed by atoms with van der Waals surface area (Å²) in [4.78, 5) is 22.0. The van der Waals surface area contributed by atoms with Crippen LogP contribution in [-0.4, -0.2) is 48.5 Å². The van der Waals surface area contributed by atoms with Gasteiger partial charge in [-0.1, -0.05) is 18.2 Å². The van der Waals surface area contributed by atoms with Crippen LogP contribution in [0.3, 0.4) is 0 Å². The molecule has 3 aromatic carbocycles. The van der Waals surface area contributed by atoms with Crippen LogP contribution in [-0.2, 0) is 6.42 Å². The Kier molecular flexibility index (Phi) is 10.0. The lowest BCUT2D eigenvalue weighted by atomic mass is 10.1. The minimum Gasteiger partial charge on any atom is -0.368 e. The molecule has 0 radical (unpaired) electrons. The maximum absolute atomic E-state index is 13.5. The van der Waals surface area contributed by atoms with Gasteiger partial charge in [-0.3, -0.25) is 14.7 Å². The highest BCUT2D eigenvalue weighted by Gasteiger charge is 2.19. The van der Waals surface area contributed by atoms with Crippen LogP contribution in [0, 0.1) is 18.6 Å². The van der Waals surface area contributed by atoms with E-state index in [1.807, 2.05) is 25.1 Å². The zero-order valence-electron chi connectivity index (χ0n) is 21.0. The predicted molar refractivity (Wildman–Crippen MR) is 154 cm³/mol. The van der Waals surface area contributed by atoms with Crippen molar-refractivity contribution in [2.45, 2.75) is 13.3 Å². The number of rotatable bonds is 6. The summed E-state index contributed by atoms with van der Waals surface area (Å²) in [6.45, 7) is 6.80. The maximum atomic E-state index is 13.5. The van der Waals surface area contributed by atoms with E-state index in [2.05, 4.69) is 50.4 Å². The molecule has 2 heterocycles. The van der Waals surface area contributed by atoms with Crippen molar-refractivity contribution < 1.29 is 13.6 Å². The number of aryl methyl sites for hydroxylation is 1. The van der Waals surface area contributed by atoms with Crippen LogP contribution < -0.4 is 10.2 Å². The molecule has 200 valence electrons. The minimum atomic E-state index is -1.04. The first-order valence-corrected chi connectivity index (χ1v) is 12.2. The van der Waals surface area contributed by atoms with Gasteiger partial charge in [-0.15, -0.1) is 24.8 Å². The number of benzene rings is 3. The number of anilines is 2. The summed E-state index contributed by atoms with van der Waals surface area (Å²) in [5.74, 6) is -2.48. The van der Waals surface area contributed by atoms with Crippen LogP contribution in [0.1, 0.15) is 21.6 Å². The number of halogens is 4. The molecule has 1 aromatic heterocycles. The molecule has 4 aromatic rings. The van der Waals surface area contributed by atoms with E-state index < -0.39 is 17.5 Å². The van der Waals surface area contributed by atoms with Crippen LogP contribution in [0.2, 0.25) is 0 Å². The Hall–Kier alpha value is -3.26. The Morgan fingerprint density at radius 3 is 2.42 bits per heavy atom. The second-order valence-corrected chi connectivity index (χ2v) is 9.16. The van der Waals surface area contributed by atoms with E-state index in [4.69, 9.17) is 0 Å². The second kappa shape index (κ2) is 13.0. The number of carbonyl (C=O) groups is 1. The van der Waals surface area contributed by atoms with Gasteiger partial charge in [0.1, 0.15) is 0 Å². The van der Waals surface area contributed by atoms with Gasteiger partial charge in [0.2, 0.25) is 0 Å². The second-order valence-electron chi connectivity index (χ2n) is 9.16. The molecule has 1 amide bonds. The molecular formula is C29H30Cl2F2N4O. The molecule has 5 rings (SSSR count). The maximum Gasteiger partial charge on any atom is 0.255 e. The van der Waals surface area contributed by atoms with Crippen molar-refractivity contribution in [3.63, 3.8) is 0 Å². The predicted octanol–water partition coefficient (Wildman–Crippen LogP) is 6.28. The van der Waals surface area contributed by atoms with E-state index >= 15 is 0 Å². The number of amides is 1. The number of hydrogen-bond donors (Lipinski definition) is 1. The first kappa shape index (κ1) is 29.3. The molecule has 0 saturated carbocycles. The lowest BCUT2D eigenvalue weighted by Gasteiger charge is -2.36. The SMILES string of the molecule is Cc1ccc2c(N3CCN(CCc4cccc(NC(=O)c5ccc(F)c(F)c5)c4)CC3)cccc2n1.Cl.Cl. The van der Waals surface area contributed by atoms with Crippen LogP contribution in [0.25, 0.3) is 10.9 Å². The Labute approximate surface area is 233 Å². The van der Waals surface area contributed by atoms with Crippen molar-refractivity contribution in [2.24, 2.45) is 0 Å². The molecule has 0 atom stereocenters. The number of nitrogens with zero attached hydrogens (tertiary/aromatic N) is 3. The number of hydrogen-bond acceptors (Lipinski definition) is 4. The smallest absolute Gasteiger partial charge is 0.255 e. The molecule has 1 N–H and O–H groups in total. The number of fused-ring (bicyclic) bond motifs is 1. The Morgan fingerprint density at radius 2 is 1.66 bits per heavy atom. The summed E-state index contributed by atoms with van der Waals surface area (Å²) in [7, 11) is 0. The van der Waals surface area contributed by atoms with Crippen molar-refractivity contribution >= 4 is 53.0 Å². The average molecular weight is 559 g/mol. The minimum absolute atomic E-state index is 0. The Morgan fingerprint density at radius 1 is 0.895 bits per heavy atom. The van der Waals surface area contributed by atoms with Crippen molar-refractivity contribution in [1.82, 2.24) is 9.88 Å². The molecule has 1 fully saturated rings. The first-order chi connectivity index (χ1) is 17.5. The number of aromatic nitrogens is 1. The summed E-state index contributed by atoms with van der Waals surface area (Å²) in [5, 5.41) is 3.97. The molecule has 0 unspecified atom stereocenters. The van der Waals surface area contributed by atoms with E-state index in [-0.39, 0.29) is 30.4 Å². The van der Waals surface area contributed by atoms with E-state index in [0.717, 1.165) is 68.1 Å². The van der Waals surface area contributed by atoms with Gasteiger partial charge in [0.25, 0.3) is 5.91 Å². The normalized spacial score (nSPS) is 13.5. The summed E-state index contributed by atoms with van der Waals surface area (Å²) in [6, 6.07) is 21.3. The van der Waals surface area contributed by atoms with E-state index in [1.54, 1.807) is 6.07 Å². The third-order valence-electron chi connectivity index (χ3n) is 6.64. The summed E-state index contributed by atoms with van der Waals surface area (Å²) < 4.78 is 26.6. The fourth-order valence-electron chi connectivity index (χ4n) is 4.66. The fraction of sp³-hybridized carbons (Fsp3) is 0.241. The highest BCUT2D eigenvalue weighted by Crippen LogP contribution is 2.27. The number of piperazine rings is 1. The van der Waals surface area contributed by atoms with Crippen LogP contribution in [0.5, 0.6) is 0 Å². The third kappa shape index (κ3) is 6.78. The topological polar surface area (TPSA) is 48.5 Å². The summed E-state index contributed by atoms with van der Waals surface area (Å²) >= 11 is 0. The quantitative estimate of drug-likeness (QED) is 0.302. The van der Waals surface area contributed by atoms with Crippen LogP contribution in [0.15, 0.2) is 72.8 Å².